The van der Waals surface area contributed by atoms with Gasteiger partial charge in [-0.1, -0.05) is 30.7 Å². The number of hydrogen-bond donors (Lipinski definition) is 3. The van der Waals surface area contributed by atoms with E-state index >= 15 is 0 Å². The molecule has 9 heteroatoms. The topological polar surface area (TPSA) is 131 Å². The number of benzene rings is 1. The van der Waals surface area contributed by atoms with Crippen molar-refractivity contribution < 1.29 is 23.9 Å². The Bertz CT molecular complexity index is 931. The van der Waals surface area contributed by atoms with E-state index in [1.54, 1.807) is 20.8 Å². The molecule has 0 fully saturated rings. The SMILES string of the molecule is CCCN(C(=O)C(CC(N)=O)NC(=O)OC(C)(C)C)C(C(=O)NC(C)(C)C)c1cc(C)ccc1C. The second-order valence-corrected chi connectivity index (χ2v) is 10.9. The molecule has 35 heavy (non-hydrogen) atoms. The van der Waals surface area contributed by atoms with E-state index in [2.05, 4.69) is 10.6 Å². The molecule has 4 amide bonds. The summed E-state index contributed by atoms with van der Waals surface area (Å²) in [7, 11) is 0. The Labute approximate surface area is 209 Å². The molecule has 0 aromatic heterocycles. The number of aryl methyl sites for hydroxylation is 2. The van der Waals surface area contributed by atoms with Crippen LogP contribution in [-0.2, 0) is 19.1 Å². The maximum absolute atomic E-state index is 13.8. The van der Waals surface area contributed by atoms with Crippen molar-refractivity contribution in [2.24, 2.45) is 5.73 Å². The van der Waals surface area contributed by atoms with Gasteiger partial charge in [-0.2, -0.15) is 0 Å². The molecule has 0 aliphatic carbocycles. The van der Waals surface area contributed by atoms with E-state index in [-0.39, 0.29) is 12.5 Å². The monoisotopic (exact) mass is 490 g/mol. The standard InChI is InChI=1S/C26H42N4O5/c1-10-13-30(23(33)19(15-20(27)31)28-24(34)35-26(7,8)9)21(22(32)29-25(4,5)6)18-14-16(2)11-12-17(18)3/h11-12,14,19,21H,10,13,15H2,1-9H3,(H2,27,31)(H,28,34)(H,29,32). The lowest BCUT2D eigenvalue weighted by Crippen LogP contribution is -2.55. The lowest BCUT2D eigenvalue weighted by Gasteiger charge is -2.36. The Morgan fingerprint density at radius 3 is 2.14 bits per heavy atom. The Balaban J connectivity index is 3.56. The summed E-state index contributed by atoms with van der Waals surface area (Å²) < 4.78 is 5.28. The van der Waals surface area contributed by atoms with Crippen molar-refractivity contribution in [1.82, 2.24) is 15.5 Å². The van der Waals surface area contributed by atoms with Crippen LogP contribution in [-0.4, -0.2) is 52.4 Å². The average Bonchev–Trinajstić information content (AvgIpc) is 2.66. The first-order valence-corrected chi connectivity index (χ1v) is 11.9. The van der Waals surface area contributed by atoms with E-state index in [4.69, 9.17) is 10.5 Å². The van der Waals surface area contributed by atoms with E-state index < -0.39 is 47.6 Å². The fourth-order valence-corrected chi connectivity index (χ4v) is 3.60. The number of hydrogen-bond acceptors (Lipinski definition) is 5. The molecule has 0 radical (unpaired) electrons. The number of alkyl carbamates (subject to hydrolysis) is 1. The fraction of sp³-hybridized carbons (Fsp3) is 0.615. The molecular formula is C26H42N4O5. The first-order valence-electron chi connectivity index (χ1n) is 11.9. The first kappa shape index (κ1) is 29.9. The van der Waals surface area contributed by atoms with Gasteiger partial charge in [0.15, 0.2) is 0 Å². The van der Waals surface area contributed by atoms with Crippen LogP contribution in [0.4, 0.5) is 4.79 Å². The second-order valence-electron chi connectivity index (χ2n) is 10.9. The number of nitrogens with one attached hydrogen (secondary N) is 2. The maximum atomic E-state index is 13.8. The smallest absolute Gasteiger partial charge is 0.408 e. The predicted molar refractivity (Wildman–Crippen MR) is 136 cm³/mol. The van der Waals surface area contributed by atoms with E-state index in [1.807, 2.05) is 59.7 Å². The number of nitrogens with two attached hydrogens (primary N) is 1. The van der Waals surface area contributed by atoms with Crippen LogP contribution in [0.3, 0.4) is 0 Å². The minimum absolute atomic E-state index is 0.222. The van der Waals surface area contributed by atoms with Crippen LogP contribution in [0.2, 0.25) is 0 Å². The van der Waals surface area contributed by atoms with Gasteiger partial charge in [-0.15, -0.1) is 0 Å². The minimum Gasteiger partial charge on any atom is -0.444 e. The molecule has 0 aliphatic rings. The number of carbonyl (C=O) groups excluding carboxylic acids is 4. The summed E-state index contributed by atoms with van der Waals surface area (Å²) in [6.45, 7) is 16.5. The van der Waals surface area contributed by atoms with Crippen molar-refractivity contribution >= 4 is 23.8 Å². The number of ether oxygens (including phenoxy) is 1. The molecule has 0 spiro atoms. The highest BCUT2D eigenvalue weighted by molar-refractivity contribution is 5.94. The zero-order chi connectivity index (χ0) is 27.1. The van der Waals surface area contributed by atoms with Gasteiger partial charge in [-0.05, 0) is 72.9 Å². The highest BCUT2D eigenvalue weighted by atomic mass is 16.6. The molecular weight excluding hydrogens is 448 g/mol. The van der Waals surface area contributed by atoms with E-state index in [9.17, 15) is 19.2 Å². The second kappa shape index (κ2) is 12.0. The maximum Gasteiger partial charge on any atom is 0.408 e. The molecule has 0 saturated carbocycles. The summed E-state index contributed by atoms with van der Waals surface area (Å²) in [6, 6.07) is 3.45. The van der Waals surface area contributed by atoms with Crippen LogP contribution in [0, 0.1) is 13.8 Å². The molecule has 2 atom stereocenters. The Hall–Kier alpha value is -3.10. The normalized spacial score (nSPS) is 13.4. The third-order valence-corrected chi connectivity index (χ3v) is 4.93. The Morgan fingerprint density at radius 1 is 1.06 bits per heavy atom. The molecule has 9 nitrogen and oxygen atoms in total. The summed E-state index contributed by atoms with van der Waals surface area (Å²) >= 11 is 0. The third kappa shape index (κ3) is 9.96. The molecule has 196 valence electrons. The van der Waals surface area contributed by atoms with Crippen molar-refractivity contribution in [3.05, 3.63) is 34.9 Å². The van der Waals surface area contributed by atoms with Crippen LogP contribution >= 0.6 is 0 Å². The third-order valence-electron chi connectivity index (χ3n) is 4.93. The largest absolute Gasteiger partial charge is 0.444 e. The molecule has 2 unspecified atom stereocenters. The van der Waals surface area contributed by atoms with Crippen molar-refractivity contribution in [3.63, 3.8) is 0 Å². The van der Waals surface area contributed by atoms with Crippen LogP contribution in [0.15, 0.2) is 18.2 Å². The Morgan fingerprint density at radius 2 is 1.66 bits per heavy atom. The zero-order valence-corrected chi connectivity index (χ0v) is 22.6. The van der Waals surface area contributed by atoms with Gasteiger partial charge in [-0.25, -0.2) is 4.79 Å². The lowest BCUT2D eigenvalue weighted by atomic mass is 9.95. The van der Waals surface area contributed by atoms with E-state index in [1.165, 1.54) is 4.90 Å². The number of carbonyl (C=O) groups is 4. The summed E-state index contributed by atoms with van der Waals surface area (Å²) in [4.78, 5) is 53.1. The number of primary amides is 1. The van der Waals surface area contributed by atoms with E-state index in [0.717, 1.165) is 11.1 Å². The summed E-state index contributed by atoms with van der Waals surface area (Å²) in [5, 5.41) is 5.45. The van der Waals surface area contributed by atoms with Gasteiger partial charge < -0.3 is 26.0 Å². The molecule has 0 heterocycles. The molecule has 0 bridgehead atoms. The van der Waals surface area contributed by atoms with Gasteiger partial charge in [0.25, 0.3) is 0 Å². The van der Waals surface area contributed by atoms with Gasteiger partial charge in [0.2, 0.25) is 17.7 Å². The van der Waals surface area contributed by atoms with Crippen LogP contribution in [0.1, 0.15) is 84.0 Å². The van der Waals surface area contributed by atoms with Gasteiger partial charge in [0.05, 0.1) is 6.42 Å². The average molecular weight is 491 g/mol. The zero-order valence-electron chi connectivity index (χ0n) is 22.6. The quantitative estimate of drug-likeness (QED) is 0.489. The molecule has 1 aromatic rings. The van der Waals surface area contributed by atoms with Gasteiger partial charge >= 0.3 is 6.09 Å². The predicted octanol–water partition coefficient (Wildman–Crippen LogP) is 3.27. The highest BCUT2D eigenvalue weighted by Gasteiger charge is 2.38. The minimum atomic E-state index is -1.29. The molecule has 0 saturated heterocycles. The number of rotatable bonds is 9. The highest BCUT2D eigenvalue weighted by Crippen LogP contribution is 2.28. The van der Waals surface area contributed by atoms with Crippen molar-refractivity contribution in [2.75, 3.05) is 6.54 Å². The molecule has 1 rings (SSSR count). The summed E-state index contributed by atoms with van der Waals surface area (Å²) in [5.74, 6) is -1.71. The van der Waals surface area contributed by atoms with Gasteiger partial charge in [0, 0.05) is 12.1 Å². The fourth-order valence-electron chi connectivity index (χ4n) is 3.60. The molecule has 0 aliphatic heterocycles. The van der Waals surface area contributed by atoms with Crippen LogP contribution < -0.4 is 16.4 Å². The number of nitrogens with zero attached hydrogens (tertiary/aromatic N) is 1. The van der Waals surface area contributed by atoms with Gasteiger partial charge in [0.1, 0.15) is 17.7 Å². The van der Waals surface area contributed by atoms with Gasteiger partial charge in [-0.3, -0.25) is 14.4 Å². The van der Waals surface area contributed by atoms with E-state index in [0.29, 0.717) is 12.0 Å². The number of amides is 4. The van der Waals surface area contributed by atoms with Crippen molar-refractivity contribution in [3.8, 4) is 0 Å². The molecule has 1 aromatic carbocycles. The molecule has 4 N–H and O–H groups in total. The summed E-state index contributed by atoms with van der Waals surface area (Å²) in [5.41, 5.74) is 6.49. The van der Waals surface area contributed by atoms with Crippen molar-refractivity contribution in [2.45, 2.75) is 98.4 Å². The summed E-state index contributed by atoms with van der Waals surface area (Å²) in [6.07, 6.45) is -0.736. The van der Waals surface area contributed by atoms with Crippen molar-refractivity contribution in [1.29, 1.82) is 0 Å². The Kier molecular flexibility index (Phi) is 10.3. The lowest BCUT2D eigenvalue weighted by molar-refractivity contribution is -0.144. The van der Waals surface area contributed by atoms with Crippen LogP contribution in [0.5, 0.6) is 0 Å². The van der Waals surface area contributed by atoms with Crippen LogP contribution in [0.25, 0.3) is 0 Å². The first-order chi connectivity index (χ1) is 15.9.